The van der Waals surface area contributed by atoms with E-state index in [0.29, 0.717) is 16.9 Å². The number of carbonyl (C=O) groups is 3. The van der Waals surface area contributed by atoms with Crippen LogP contribution < -0.4 is 18.9 Å². The second-order valence-corrected chi connectivity index (χ2v) is 17.9. The van der Waals surface area contributed by atoms with Crippen LogP contribution in [0.15, 0.2) is 48.2 Å². The van der Waals surface area contributed by atoms with Crippen molar-refractivity contribution in [1.29, 1.82) is 0 Å². The fourth-order valence-electron chi connectivity index (χ4n) is 10.6. The van der Waals surface area contributed by atoms with Gasteiger partial charge in [-0.25, -0.2) is 0 Å². The van der Waals surface area contributed by atoms with E-state index in [1.165, 1.54) is 73.7 Å². The van der Waals surface area contributed by atoms with E-state index < -0.39 is 70.5 Å². The van der Waals surface area contributed by atoms with Gasteiger partial charge in [0, 0.05) is 66.7 Å². The molecule has 4 atom stereocenters. The summed E-state index contributed by atoms with van der Waals surface area (Å²) in [6.07, 6.45) is -0.940. The molecule has 3 aliphatic carbocycles. The standard InChI is InChI=1S/C50H48O15/c1-21-9-28-40(30(51)10-21)46(56)41-29(14-25(61-5)16-34(41)64-8)50(28,59)43-26-13-24(60-4)15-33(63-7)38(26)45(55)39-27(43)18-49(3,58)20-35(53)65-47-37-22(12-32(62-6)42(39)47)11-23-17-48(2,57)19-31(52)36(23)44(37)54/h9-12,14-16,33,51,54-55,57-59H,13,17-20H2,1-8H3/t33-,48+,49+,50+/m1/s1. The first kappa shape index (κ1) is 43.6. The SMILES string of the molecule is COC1=C[C@@H](OC)c2c(O)c3c(c([C@]4(O)c5cc(C)cc(O)c5C(=O)c5c(OC)cc(OC)cc54)c2C1)C[C@](C)(O)CC(=O)Oc1c-3c(OC)cc2cc3c(c(O)c12)C(=O)C[C@@](C)(O)C3. The van der Waals surface area contributed by atoms with Crippen LogP contribution in [-0.4, -0.2) is 94.9 Å². The summed E-state index contributed by atoms with van der Waals surface area (Å²) in [5.41, 5.74) is -5.45. The second kappa shape index (κ2) is 15.0. The lowest BCUT2D eigenvalue weighted by molar-refractivity contribution is -0.139. The Morgan fingerprint density at radius 1 is 0.677 bits per heavy atom. The van der Waals surface area contributed by atoms with Gasteiger partial charge in [0.25, 0.3) is 0 Å². The number of methoxy groups -OCH3 is 5. The minimum atomic E-state index is -2.50. The zero-order valence-electron chi connectivity index (χ0n) is 37.0. The molecule has 1 heterocycles. The number of aromatic hydroxyl groups is 3. The number of ketones is 2. The molecule has 15 nitrogen and oxygen atoms in total. The van der Waals surface area contributed by atoms with Gasteiger partial charge in [0.15, 0.2) is 11.5 Å². The molecular weight excluding hydrogens is 841 g/mol. The number of hydrogen-bond acceptors (Lipinski definition) is 15. The van der Waals surface area contributed by atoms with Crippen LogP contribution in [0.1, 0.15) is 104 Å². The molecule has 5 aromatic carbocycles. The maximum Gasteiger partial charge on any atom is 0.314 e. The van der Waals surface area contributed by atoms with Crippen molar-refractivity contribution in [2.24, 2.45) is 0 Å². The van der Waals surface area contributed by atoms with Crippen LogP contribution in [0.5, 0.6) is 40.2 Å². The van der Waals surface area contributed by atoms with Crippen LogP contribution in [0, 0.1) is 6.92 Å². The molecule has 0 saturated carbocycles. The van der Waals surface area contributed by atoms with E-state index in [9.17, 15) is 45.0 Å². The van der Waals surface area contributed by atoms with Crippen LogP contribution in [-0.2, 0) is 39.1 Å². The molecule has 6 N–H and O–H groups in total. The van der Waals surface area contributed by atoms with Crippen molar-refractivity contribution in [2.45, 2.75) is 75.8 Å². The molecule has 15 heteroatoms. The number of fused-ring (bicyclic) bond motifs is 9. The number of Topliss-reactive ketones (excluding diaryl/α,β-unsaturated/α-hetero) is 1. The highest BCUT2D eigenvalue weighted by Crippen LogP contribution is 2.61. The molecule has 0 spiro atoms. The molecule has 0 amide bonds. The van der Waals surface area contributed by atoms with Gasteiger partial charge >= 0.3 is 5.97 Å². The third-order valence-electron chi connectivity index (χ3n) is 13.2. The Hall–Kier alpha value is -6.65. The van der Waals surface area contributed by atoms with E-state index in [4.69, 9.17) is 28.4 Å². The third-order valence-corrected chi connectivity index (χ3v) is 13.2. The molecule has 1 aliphatic heterocycles. The summed E-state index contributed by atoms with van der Waals surface area (Å²) >= 11 is 0. The fourth-order valence-corrected chi connectivity index (χ4v) is 10.6. The Morgan fingerprint density at radius 3 is 2.02 bits per heavy atom. The van der Waals surface area contributed by atoms with E-state index in [0.717, 1.165) is 0 Å². The number of allylic oxidation sites excluding steroid dienone is 1. The average Bonchev–Trinajstić information content (AvgIpc) is 3.27. The first-order valence-electron chi connectivity index (χ1n) is 20.9. The third kappa shape index (κ3) is 6.43. The number of aryl methyl sites for hydroxylation is 1. The van der Waals surface area contributed by atoms with E-state index in [2.05, 4.69) is 0 Å². The number of hydrogen-bond donors (Lipinski definition) is 6. The molecule has 0 fully saturated rings. The lowest BCUT2D eigenvalue weighted by atomic mass is 9.64. The van der Waals surface area contributed by atoms with Crippen molar-refractivity contribution < 1.29 is 73.4 Å². The van der Waals surface area contributed by atoms with Gasteiger partial charge in [-0.3, -0.25) is 14.4 Å². The van der Waals surface area contributed by atoms with Gasteiger partial charge < -0.3 is 59.1 Å². The van der Waals surface area contributed by atoms with Crippen molar-refractivity contribution in [3.63, 3.8) is 0 Å². The zero-order chi connectivity index (χ0) is 46.8. The van der Waals surface area contributed by atoms with Crippen LogP contribution in [0.25, 0.3) is 21.9 Å². The molecule has 0 aromatic heterocycles. The summed E-state index contributed by atoms with van der Waals surface area (Å²) in [7, 11) is 6.95. The number of carbonyl (C=O) groups excluding carboxylic acids is 3. The van der Waals surface area contributed by atoms with Gasteiger partial charge in [-0.15, -0.1) is 0 Å². The Bertz CT molecular complexity index is 2990. The quantitative estimate of drug-likeness (QED) is 0.0844. The Morgan fingerprint density at radius 2 is 1.35 bits per heavy atom. The molecule has 338 valence electrons. The molecule has 0 bridgehead atoms. The Labute approximate surface area is 373 Å². The number of esters is 1. The topological polar surface area (TPSA) is 228 Å². The van der Waals surface area contributed by atoms with Gasteiger partial charge in [0.2, 0.25) is 5.78 Å². The van der Waals surface area contributed by atoms with Gasteiger partial charge in [0.05, 0.1) is 79.5 Å². The molecule has 65 heavy (non-hydrogen) atoms. The average molecular weight is 889 g/mol. The summed E-state index contributed by atoms with van der Waals surface area (Å²) in [6, 6.07) is 9.03. The van der Waals surface area contributed by atoms with Crippen molar-refractivity contribution in [3.05, 3.63) is 109 Å². The minimum Gasteiger partial charge on any atom is -0.507 e. The fraction of sp³-hybridized carbons (Fsp3) is 0.340. The van der Waals surface area contributed by atoms with E-state index in [-0.39, 0.29) is 114 Å². The number of ether oxygens (including phenoxy) is 6. The molecule has 0 radical (unpaired) electrons. The molecule has 4 aliphatic rings. The number of phenolic OH excluding ortho intramolecular Hbond substituents is 3. The molecule has 0 saturated heterocycles. The highest BCUT2D eigenvalue weighted by atomic mass is 16.5. The van der Waals surface area contributed by atoms with Crippen molar-refractivity contribution in [2.75, 3.05) is 35.5 Å². The van der Waals surface area contributed by atoms with Crippen molar-refractivity contribution in [3.8, 4) is 51.4 Å². The predicted octanol–water partition coefficient (Wildman–Crippen LogP) is 6.04. The van der Waals surface area contributed by atoms with E-state index >= 15 is 0 Å². The lowest BCUT2D eigenvalue weighted by Gasteiger charge is -2.42. The number of rotatable bonds is 6. The Balaban J connectivity index is 1.55. The van der Waals surface area contributed by atoms with Gasteiger partial charge in [0.1, 0.15) is 46.2 Å². The highest BCUT2D eigenvalue weighted by molar-refractivity contribution is 6.17. The number of aliphatic hydroxyl groups is 3. The van der Waals surface area contributed by atoms with Crippen LogP contribution in [0.4, 0.5) is 0 Å². The predicted molar refractivity (Wildman–Crippen MR) is 234 cm³/mol. The number of benzene rings is 5. The normalized spacial score (nSPS) is 23.3. The minimum absolute atomic E-state index is 0.00104. The van der Waals surface area contributed by atoms with Crippen LogP contribution >= 0.6 is 0 Å². The Kier molecular flexibility index (Phi) is 10.0. The number of phenols is 3. The highest BCUT2D eigenvalue weighted by Gasteiger charge is 2.52. The second-order valence-electron chi connectivity index (χ2n) is 17.9. The molecular formula is C50H48O15. The summed E-state index contributed by atoms with van der Waals surface area (Å²) in [5, 5.41) is 74.9. The van der Waals surface area contributed by atoms with Gasteiger partial charge in [-0.1, -0.05) is 6.07 Å². The first-order valence-corrected chi connectivity index (χ1v) is 20.9. The largest absolute Gasteiger partial charge is 0.507 e. The van der Waals surface area contributed by atoms with Crippen LogP contribution in [0.3, 0.4) is 0 Å². The molecule has 5 aromatic rings. The van der Waals surface area contributed by atoms with Gasteiger partial charge in [-0.2, -0.15) is 0 Å². The maximum atomic E-state index is 14.8. The van der Waals surface area contributed by atoms with E-state index in [1.807, 2.05) is 0 Å². The summed E-state index contributed by atoms with van der Waals surface area (Å²) in [4.78, 5) is 42.7. The lowest BCUT2D eigenvalue weighted by Crippen LogP contribution is -2.41. The first-order chi connectivity index (χ1) is 30.7. The molecule has 9 rings (SSSR count). The molecule has 0 unspecified atom stereocenters. The van der Waals surface area contributed by atoms with Gasteiger partial charge in [-0.05, 0) is 78.8 Å². The maximum absolute atomic E-state index is 14.8. The van der Waals surface area contributed by atoms with E-state index in [1.54, 1.807) is 25.1 Å². The summed E-state index contributed by atoms with van der Waals surface area (Å²) in [5.74, 6) is -3.39. The summed E-state index contributed by atoms with van der Waals surface area (Å²) in [6.45, 7) is 4.58. The van der Waals surface area contributed by atoms with Crippen molar-refractivity contribution in [1.82, 2.24) is 0 Å². The smallest absolute Gasteiger partial charge is 0.314 e. The zero-order valence-corrected chi connectivity index (χ0v) is 37.0. The summed E-state index contributed by atoms with van der Waals surface area (Å²) < 4.78 is 35.6. The van der Waals surface area contributed by atoms with Crippen LogP contribution in [0.2, 0.25) is 0 Å². The monoisotopic (exact) mass is 888 g/mol. The van der Waals surface area contributed by atoms with Crippen molar-refractivity contribution >= 4 is 28.3 Å².